The van der Waals surface area contributed by atoms with Gasteiger partial charge in [-0.1, -0.05) is 10.8 Å². The van der Waals surface area contributed by atoms with E-state index in [9.17, 15) is 0 Å². The van der Waals surface area contributed by atoms with E-state index in [0.29, 0.717) is 0 Å². The monoisotopic (exact) mass is 177 g/mol. The Morgan fingerprint density at radius 2 is 2.10 bits per heavy atom. The van der Waals surface area contributed by atoms with Crippen molar-refractivity contribution >= 4 is 21.6 Å². The molecule has 0 aromatic rings. The highest BCUT2D eigenvalue weighted by Gasteiger charge is 2.08. The standard InChI is InChI=1S/C6H11NOS2/c1-5(2)8-6(4-7)10-9-3/h5-6H,1-3H3. The van der Waals surface area contributed by atoms with Crippen molar-refractivity contribution in [2.24, 2.45) is 0 Å². The molecule has 0 amide bonds. The summed E-state index contributed by atoms with van der Waals surface area (Å²) in [4.78, 5) is 0. The molecule has 1 unspecified atom stereocenters. The Kier molecular flexibility index (Phi) is 5.99. The van der Waals surface area contributed by atoms with E-state index in [2.05, 4.69) is 6.07 Å². The third-order valence-corrected chi connectivity index (χ3v) is 2.37. The third kappa shape index (κ3) is 4.98. The van der Waals surface area contributed by atoms with Crippen LogP contribution in [0.4, 0.5) is 0 Å². The Morgan fingerprint density at radius 3 is 2.40 bits per heavy atom. The van der Waals surface area contributed by atoms with E-state index in [-0.39, 0.29) is 11.5 Å². The molecule has 58 valence electrons. The predicted octanol–water partition coefficient (Wildman–Crippen LogP) is 2.27. The zero-order valence-corrected chi connectivity index (χ0v) is 7.96. The summed E-state index contributed by atoms with van der Waals surface area (Å²) in [6.45, 7) is 3.84. The van der Waals surface area contributed by atoms with Crippen LogP contribution in [-0.2, 0) is 4.74 Å². The first-order chi connectivity index (χ1) is 4.70. The van der Waals surface area contributed by atoms with Crippen molar-refractivity contribution in [3.05, 3.63) is 0 Å². The van der Waals surface area contributed by atoms with Crippen LogP contribution in [0.5, 0.6) is 0 Å². The van der Waals surface area contributed by atoms with E-state index in [1.165, 1.54) is 10.8 Å². The maximum Gasteiger partial charge on any atom is 0.200 e. The van der Waals surface area contributed by atoms with Crippen LogP contribution in [0.15, 0.2) is 0 Å². The van der Waals surface area contributed by atoms with Crippen LogP contribution < -0.4 is 0 Å². The van der Waals surface area contributed by atoms with E-state index in [0.717, 1.165) is 0 Å². The van der Waals surface area contributed by atoms with Gasteiger partial charge in [-0.15, -0.1) is 0 Å². The molecule has 0 rings (SSSR count). The van der Waals surface area contributed by atoms with Gasteiger partial charge in [0.15, 0.2) is 5.44 Å². The minimum absolute atomic E-state index is 0.129. The molecule has 2 nitrogen and oxygen atoms in total. The Bertz CT molecular complexity index is 121. The second-order valence-electron chi connectivity index (χ2n) is 1.91. The molecule has 0 heterocycles. The molecule has 0 aromatic heterocycles. The molecule has 0 N–H and O–H groups in total. The van der Waals surface area contributed by atoms with Crippen LogP contribution >= 0.6 is 21.6 Å². The average molecular weight is 177 g/mol. The summed E-state index contributed by atoms with van der Waals surface area (Å²) in [5, 5.41) is 8.50. The maximum atomic E-state index is 8.50. The van der Waals surface area contributed by atoms with Gasteiger partial charge in [-0.25, -0.2) is 0 Å². The highest BCUT2D eigenvalue weighted by molar-refractivity contribution is 8.76. The highest BCUT2D eigenvalue weighted by Crippen LogP contribution is 2.24. The molecule has 0 aromatic carbocycles. The lowest BCUT2D eigenvalue weighted by atomic mass is 10.5. The van der Waals surface area contributed by atoms with Gasteiger partial charge in [-0.2, -0.15) is 5.26 Å². The topological polar surface area (TPSA) is 33.0 Å². The Labute approximate surface area is 69.7 Å². The van der Waals surface area contributed by atoms with Crippen molar-refractivity contribution in [2.75, 3.05) is 6.26 Å². The molecule has 0 aliphatic heterocycles. The molecule has 4 heteroatoms. The molecule has 0 bridgehead atoms. The van der Waals surface area contributed by atoms with Crippen LogP contribution in [0.2, 0.25) is 0 Å². The molecule has 0 saturated heterocycles. The van der Waals surface area contributed by atoms with Crippen molar-refractivity contribution in [3.63, 3.8) is 0 Å². The fraction of sp³-hybridized carbons (Fsp3) is 0.833. The molecule has 10 heavy (non-hydrogen) atoms. The zero-order valence-electron chi connectivity index (χ0n) is 6.33. The Balaban J connectivity index is 3.52. The Hall–Kier alpha value is 0.150. The van der Waals surface area contributed by atoms with E-state index in [1.807, 2.05) is 20.1 Å². The number of hydrogen-bond donors (Lipinski definition) is 0. The predicted molar refractivity (Wildman–Crippen MR) is 46.7 cm³/mol. The van der Waals surface area contributed by atoms with Gasteiger partial charge in [-0.3, -0.25) is 0 Å². The van der Waals surface area contributed by atoms with Crippen LogP contribution in [-0.4, -0.2) is 17.8 Å². The second-order valence-corrected chi connectivity index (χ2v) is 4.44. The normalized spacial score (nSPS) is 13.1. The summed E-state index contributed by atoms with van der Waals surface area (Å²) in [6.07, 6.45) is 2.06. The van der Waals surface area contributed by atoms with Crippen molar-refractivity contribution in [2.45, 2.75) is 25.4 Å². The summed E-state index contributed by atoms with van der Waals surface area (Å²) < 4.78 is 5.22. The quantitative estimate of drug-likeness (QED) is 0.487. The maximum absolute atomic E-state index is 8.50. The Morgan fingerprint density at radius 1 is 1.50 bits per heavy atom. The van der Waals surface area contributed by atoms with E-state index >= 15 is 0 Å². The SMILES string of the molecule is CSSC(C#N)OC(C)C. The second kappa shape index (κ2) is 5.90. The lowest BCUT2D eigenvalue weighted by Crippen LogP contribution is -2.10. The lowest BCUT2D eigenvalue weighted by molar-refractivity contribution is 0.0873. The molecule has 0 fully saturated rings. The third-order valence-electron chi connectivity index (χ3n) is 0.685. The molecule has 0 aliphatic carbocycles. The van der Waals surface area contributed by atoms with Gasteiger partial charge >= 0.3 is 0 Å². The number of hydrogen-bond acceptors (Lipinski definition) is 4. The summed E-state index contributed by atoms with van der Waals surface area (Å²) in [5.74, 6) is 0. The van der Waals surface area contributed by atoms with Crippen LogP contribution in [0.3, 0.4) is 0 Å². The van der Waals surface area contributed by atoms with Crippen molar-refractivity contribution in [1.82, 2.24) is 0 Å². The fourth-order valence-electron chi connectivity index (χ4n) is 0.409. The highest BCUT2D eigenvalue weighted by atomic mass is 33.1. The van der Waals surface area contributed by atoms with Gasteiger partial charge in [0.05, 0.1) is 6.10 Å². The minimum Gasteiger partial charge on any atom is -0.350 e. The number of ether oxygens (including phenoxy) is 1. The fourth-order valence-corrected chi connectivity index (χ4v) is 1.68. The number of nitriles is 1. The van der Waals surface area contributed by atoms with Gasteiger partial charge in [0.25, 0.3) is 0 Å². The molecular formula is C6H11NOS2. The molecule has 0 spiro atoms. The van der Waals surface area contributed by atoms with Gasteiger partial charge in [0.2, 0.25) is 0 Å². The average Bonchev–Trinajstić information content (AvgIpc) is 1.86. The molecule has 1 atom stereocenters. The number of rotatable bonds is 4. The lowest BCUT2D eigenvalue weighted by Gasteiger charge is -2.10. The van der Waals surface area contributed by atoms with Crippen molar-refractivity contribution in [1.29, 1.82) is 5.26 Å². The van der Waals surface area contributed by atoms with Crippen molar-refractivity contribution in [3.8, 4) is 6.07 Å². The van der Waals surface area contributed by atoms with Crippen LogP contribution in [0.1, 0.15) is 13.8 Å². The van der Waals surface area contributed by atoms with Gasteiger partial charge in [0.1, 0.15) is 6.07 Å². The summed E-state index contributed by atoms with van der Waals surface area (Å²) in [5.41, 5.74) is -0.324. The summed E-state index contributed by atoms with van der Waals surface area (Å²) in [7, 11) is 2.98. The summed E-state index contributed by atoms with van der Waals surface area (Å²) in [6, 6.07) is 2.05. The summed E-state index contributed by atoms with van der Waals surface area (Å²) >= 11 is 0. The molecule has 0 aliphatic rings. The van der Waals surface area contributed by atoms with E-state index in [1.54, 1.807) is 10.8 Å². The van der Waals surface area contributed by atoms with Gasteiger partial charge < -0.3 is 4.74 Å². The van der Waals surface area contributed by atoms with Crippen LogP contribution in [0, 0.1) is 11.3 Å². The first kappa shape index (κ1) is 10.2. The first-order valence-electron chi connectivity index (χ1n) is 2.95. The minimum atomic E-state index is -0.324. The van der Waals surface area contributed by atoms with Gasteiger partial charge in [-0.05, 0) is 30.9 Å². The van der Waals surface area contributed by atoms with Crippen LogP contribution in [0.25, 0.3) is 0 Å². The van der Waals surface area contributed by atoms with E-state index in [4.69, 9.17) is 10.00 Å². The van der Waals surface area contributed by atoms with Gasteiger partial charge in [0, 0.05) is 0 Å². The first-order valence-corrected chi connectivity index (χ1v) is 5.57. The number of nitrogens with zero attached hydrogens (tertiary/aromatic N) is 1. The molecule has 0 radical (unpaired) electrons. The molecular weight excluding hydrogens is 166 g/mol. The van der Waals surface area contributed by atoms with Crippen molar-refractivity contribution < 1.29 is 4.74 Å². The molecule has 0 saturated carbocycles. The van der Waals surface area contributed by atoms with E-state index < -0.39 is 0 Å². The largest absolute Gasteiger partial charge is 0.350 e. The smallest absolute Gasteiger partial charge is 0.200 e. The zero-order chi connectivity index (χ0) is 7.98.